The second-order valence-corrected chi connectivity index (χ2v) is 8.02. The Hall–Kier alpha value is -3.33. The lowest BCUT2D eigenvalue weighted by Crippen LogP contribution is -2.11. The van der Waals surface area contributed by atoms with Crippen molar-refractivity contribution in [1.82, 2.24) is 4.98 Å². The Bertz CT molecular complexity index is 1360. The molecule has 0 aliphatic heterocycles. The molecular formula is C23H14F5NO2S. The van der Waals surface area contributed by atoms with Crippen LogP contribution >= 0.6 is 11.8 Å². The summed E-state index contributed by atoms with van der Waals surface area (Å²) in [5, 5.41) is -0.0682. The molecule has 164 valence electrons. The van der Waals surface area contributed by atoms with Crippen molar-refractivity contribution in [3.63, 3.8) is 0 Å². The van der Waals surface area contributed by atoms with Gasteiger partial charge >= 0.3 is 5.51 Å². The van der Waals surface area contributed by atoms with E-state index in [4.69, 9.17) is 4.74 Å². The maximum Gasteiger partial charge on any atom is 0.446 e. The van der Waals surface area contributed by atoms with Crippen LogP contribution < -0.4 is 10.2 Å². The molecule has 0 spiro atoms. The first kappa shape index (κ1) is 21.9. The average Bonchev–Trinajstić information content (AvgIpc) is 2.72. The minimum Gasteiger partial charge on any atom is -0.454 e. The number of hydrogen-bond acceptors (Lipinski definition) is 3. The molecule has 0 bridgehead atoms. The van der Waals surface area contributed by atoms with Gasteiger partial charge in [0.1, 0.15) is 11.6 Å². The summed E-state index contributed by atoms with van der Waals surface area (Å²) in [6.45, 7) is 1.52. The number of pyridine rings is 1. The summed E-state index contributed by atoms with van der Waals surface area (Å²) in [7, 11) is 0. The van der Waals surface area contributed by atoms with Crippen molar-refractivity contribution in [1.29, 1.82) is 0 Å². The molecule has 0 atom stereocenters. The van der Waals surface area contributed by atoms with E-state index in [9.17, 15) is 26.7 Å². The van der Waals surface area contributed by atoms with Crippen LogP contribution in [-0.2, 0) is 0 Å². The lowest BCUT2D eigenvalue weighted by molar-refractivity contribution is -0.0328. The van der Waals surface area contributed by atoms with Crippen molar-refractivity contribution >= 4 is 22.7 Å². The van der Waals surface area contributed by atoms with Crippen LogP contribution in [0.4, 0.5) is 22.0 Å². The monoisotopic (exact) mass is 463 g/mol. The zero-order chi connectivity index (χ0) is 23.0. The number of rotatable bonds is 4. The highest BCUT2D eigenvalue weighted by molar-refractivity contribution is 8.00. The van der Waals surface area contributed by atoms with Gasteiger partial charge in [-0.2, -0.15) is 13.2 Å². The molecule has 0 saturated carbocycles. The number of benzene rings is 3. The van der Waals surface area contributed by atoms with Crippen molar-refractivity contribution in [2.75, 3.05) is 0 Å². The molecule has 1 N–H and O–H groups in total. The van der Waals surface area contributed by atoms with Crippen LogP contribution in [0.5, 0.6) is 11.5 Å². The molecule has 0 fully saturated rings. The molecular weight excluding hydrogens is 449 g/mol. The normalized spacial score (nSPS) is 11.7. The fourth-order valence-electron chi connectivity index (χ4n) is 3.25. The fourth-order valence-corrected chi connectivity index (χ4v) is 3.79. The molecule has 9 heteroatoms. The van der Waals surface area contributed by atoms with Gasteiger partial charge in [0.05, 0.1) is 16.6 Å². The van der Waals surface area contributed by atoms with Crippen molar-refractivity contribution in [3.8, 4) is 22.8 Å². The van der Waals surface area contributed by atoms with Crippen LogP contribution in [0.25, 0.3) is 22.2 Å². The van der Waals surface area contributed by atoms with E-state index in [1.165, 1.54) is 55.5 Å². The SMILES string of the molecule is Cc1c(-c2ccc(Oc3ccc(SC(F)(F)F)cc3)c(F)c2)[nH]c2cccc(F)c2c1=O. The van der Waals surface area contributed by atoms with E-state index < -0.39 is 22.6 Å². The van der Waals surface area contributed by atoms with Gasteiger partial charge in [0.2, 0.25) is 0 Å². The third kappa shape index (κ3) is 4.47. The zero-order valence-corrected chi connectivity index (χ0v) is 17.2. The topological polar surface area (TPSA) is 42.1 Å². The van der Waals surface area contributed by atoms with Crippen LogP contribution in [-0.4, -0.2) is 10.5 Å². The van der Waals surface area contributed by atoms with Crippen LogP contribution in [0, 0.1) is 18.6 Å². The van der Waals surface area contributed by atoms with Crippen molar-refractivity contribution in [3.05, 3.63) is 88.1 Å². The van der Waals surface area contributed by atoms with Gasteiger partial charge < -0.3 is 9.72 Å². The molecule has 0 unspecified atom stereocenters. The predicted octanol–water partition coefficient (Wildman–Crippen LogP) is 7.19. The van der Waals surface area contributed by atoms with Crippen LogP contribution in [0.1, 0.15) is 5.56 Å². The molecule has 0 radical (unpaired) electrons. The number of thioether (sulfide) groups is 1. The third-order valence-electron chi connectivity index (χ3n) is 4.72. The summed E-state index contributed by atoms with van der Waals surface area (Å²) in [4.78, 5) is 15.6. The van der Waals surface area contributed by atoms with E-state index in [0.717, 1.165) is 6.07 Å². The van der Waals surface area contributed by atoms with Crippen LogP contribution in [0.3, 0.4) is 0 Å². The summed E-state index contributed by atoms with van der Waals surface area (Å²) < 4.78 is 71.4. The summed E-state index contributed by atoms with van der Waals surface area (Å²) in [5.74, 6) is -1.37. The number of alkyl halides is 3. The van der Waals surface area contributed by atoms with Gasteiger partial charge in [0.25, 0.3) is 0 Å². The van der Waals surface area contributed by atoms with E-state index in [1.807, 2.05) is 0 Å². The molecule has 32 heavy (non-hydrogen) atoms. The van der Waals surface area contributed by atoms with Crippen LogP contribution in [0.2, 0.25) is 0 Å². The second kappa shape index (κ2) is 8.31. The molecule has 0 amide bonds. The van der Waals surface area contributed by atoms with E-state index >= 15 is 0 Å². The average molecular weight is 463 g/mol. The third-order valence-corrected chi connectivity index (χ3v) is 5.46. The number of aromatic amines is 1. The molecule has 1 aromatic heterocycles. The Morgan fingerprint density at radius 1 is 0.938 bits per heavy atom. The Morgan fingerprint density at radius 3 is 2.31 bits per heavy atom. The Morgan fingerprint density at radius 2 is 1.66 bits per heavy atom. The number of hydrogen-bond donors (Lipinski definition) is 1. The molecule has 1 heterocycles. The number of H-pyrrole nitrogens is 1. The highest BCUT2D eigenvalue weighted by Gasteiger charge is 2.29. The molecule has 3 aromatic carbocycles. The largest absolute Gasteiger partial charge is 0.454 e. The maximum absolute atomic E-state index is 14.7. The number of ether oxygens (including phenoxy) is 1. The maximum atomic E-state index is 14.7. The van der Waals surface area contributed by atoms with E-state index in [-0.39, 0.29) is 44.6 Å². The molecule has 0 aliphatic carbocycles. The Kier molecular flexibility index (Phi) is 5.68. The van der Waals surface area contributed by atoms with Crippen LogP contribution in [0.15, 0.2) is 70.4 Å². The van der Waals surface area contributed by atoms with Crippen molar-refractivity contribution in [2.45, 2.75) is 17.3 Å². The summed E-state index contributed by atoms with van der Waals surface area (Å²) in [6, 6.07) is 13.3. The molecule has 0 saturated heterocycles. The smallest absolute Gasteiger partial charge is 0.446 e. The summed E-state index contributed by atoms with van der Waals surface area (Å²) in [5.41, 5.74) is -3.69. The lowest BCUT2D eigenvalue weighted by Gasteiger charge is -2.12. The van der Waals surface area contributed by atoms with E-state index in [1.54, 1.807) is 6.07 Å². The number of fused-ring (bicyclic) bond motifs is 1. The van der Waals surface area contributed by atoms with Gasteiger partial charge in [-0.25, -0.2) is 8.78 Å². The summed E-state index contributed by atoms with van der Waals surface area (Å²) >= 11 is -0.260. The minimum atomic E-state index is -4.40. The number of halogens is 5. The van der Waals surface area contributed by atoms with E-state index in [0.29, 0.717) is 11.3 Å². The van der Waals surface area contributed by atoms with Gasteiger partial charge in [-0.1, -0.05) is 6.07 Å². The molecule has 4 rings (SSSR count). The van der Waals surface area contributed by atoms with Crippen molar-refractivity contribution < 1.29 is 26.7 Å². The Labute approximate surface area is 182 Å². The lowest BCUT2D eigenvalue weighted by atomic mass is 10.0. The molecule has 3 nitrogen and oxygen atoms in total. The minimum absolute atomic E-state index is 0.0205. The second-order valence-electron chi connectivity index (χ2n) is 6.88. The predicted molar refractivity (Wildman–Crippen MR) is 113 cm³/mol. The number of nitrogens with one attached hydrogen (secondary N) is 1. The van der Waals surface area contributed by atoms with Crippen molar-refractivity contribution in [2.24, 2.45) is 0 Å². The first-order valence-corrected chi connectivity index (χ1v) is 10.1. The molecule has 0 aliphatic rings. The first-order valence-electron chi connectivity index (χ1n) is 9.27. The first-order chi connectivity index (χ1) is 15.1. The van der Waals surface area contributed by atoms with E-state index in [2.05, 4.69) is 4.98 Å². The van der Waals surface area contributed by atoms with Gasteiger partial charge in [0, 0.05) is 16.0 Å². The van der Waals surface area contributed by atoms with Gasteiger partial charge in [-0.3, -0.25) is 4.79 Å². The van der Waals surface area contributed by atoms with Gasteiger partial charge in [0.15, 0.2) is 17.0 Å². The highest BCUT2D eigenvalue weighted by atomic mass is 32.2. The molecule has 4 aromatic rings. The quantitative estimate of drug-likeness (QED) is 0.257. The zero-order valence-electron chi connectivity index (χ0n) is 16.4. The Balaban J connectivity index is 1.63. The number of aromatic nitrogens is 1. The van der Waals surface area contributed by atoms with Gasteiger partial charge in [-0.05, 0) is 73.3 Å². The summed E-state index contributed by atoms with van der Waals surface area (Å²) in [6.07, 6.45) is 0. The van der Waals surface area contributed by atoms with Gasteiger partial charge in [-0.15, -0.1) is 0 Å². The highest BCUT2D eigenvalue weighted by Crippen LogP contribution is 2.38. The fraction of sp³-hybridized carbons (Fsp3) is 0.0870. The standard InChI is InChI=1S/C23H14F5NO2S/c1-12-21(29-18-4-2-3-16(24)20(18)22(12)30)13-5-10-19(17(25)11-13)31-14-6-8-15(9-7-14)32-23(26,27)28/h2-11H,1H3,(H,29,30).